The summed E-state index contributed by atoms with van der Waals surface area (Å²) < 4.78 is 5.30. The SMILES string of the molecule is O=Cc1sc(N2CCCC2)nc1-c1ccco1. The molecule has 2 aromatic rings. The van der Waals surface area contributed by atoms with Crippen molar-refractivity contribution < 1.29 is 9.21 Å². The molecule has 0 aromatic carbocycles. The van der Waals surface area contributed by atoms with Gasteiger partial charge >= 0.3 is 0 Å². The molecule has 5 heteroatoms. The molecular formula is C12H12N2O2S. The summed E-state index contributed by atoms with van der Waals surface area (Å²) in [5, 5.41) is 0.927. The van der Waals surface area contributed by atoms with Gasteiger partial charge in [0, 0.05) is 13.1 Å². The number of furan rings is 1. The predicted octanol–water partition coefficient (Wildman–Crippen LogP) is 2.82. The smallest absolute Gasteiger partial charge is 0.186 e. The van der Waals surface area contributed by atoms with Crippen LogP contribution in [0, 0.1) is 0 Å². The van der Waals surface area contributed by atoms with Gasteiger partial charge in [-0.3, -0.25) is 4.79 Å². The fourth-order valence-corrected chi connectivity index (χ4v) is 2.97. The molecule has 0 spiro atoms. The van der Waals surface area contributed by atoms with Crippen LogP contribution in [-0.2, 0) is 0 Å². The highest BCUT2D eigenvalue weighted by molar-refractivity contribution is 7.17. The molecule has 3 rings (SSSR count). The third-order valence-corrected chi connectivity index (χ3v) is 3.92. The van der Waals surface area contributed by atoms with E-state index >= 15 is 0 Å². The largest absolute Gasteiger partial charge is 0.463 e. The van der Waals surface area contributed by atoms with Crippen LogP contribution in [0.25, 0.3) is 11.5 Å². The minimum absolute atomic E-state index is 0.641. The highest BCUT2D eigenvalue weighted by atomic mass is 32.1. The van der Waals surface area contributed by atoms with Crippen molar-refractivity contribution in [2.24, 2.45) is 0 Å². The van der Waals surface area contributed by atoms with Crippen LogP contribution < -0.4 is 4.90 Å². The number of anilines is 1. The molecular weight excluding hydrogens is 236 g/mol. The Morgan fingerprint density at radius 1 is 1.41 bits per heavy atom. The monoisotopic (exact) mass is 248 g/mol. The zero-order chi connectivity index (χ0) is 11.7. The number of hydrogen-bond donors (Lipinski definition) is 0. The van der Waals surface area contributed by atoms with Crippen LogP contribution >= 0.6 is 11.3 Å². The summed E-state index contributed by atoms with van der Waals surface area (Å²) in [5.41, 5.74) is 0.664. The molecule has 4 nitrogen and oxygen atoms in total. The second-order valence-electron chi connectivity index (χ2n) is 4.00. The van der Waals surface area contributed by atoms with Gasteiger partial charge in [-0.25, -0.2) is 4.98 Å². The first-order valence-electron chi connectivity index (χ1n) is 5.63. The van der Waals surface area contributed by atoms with E-state index in [9.17, 15) is 4.79 Å². The highest BCUT2D eigenvalue weighted by Gasteiger charge is 2.20. The number of aromatic nitrogens is 1. The average Bonchev–Trinajstić information content (AvgIpc) is 3.09. The summed E-state index contributed by atoms with van der Waals surface area (Å²) in [4.78, 5) is 18.5. The summed E-state index contributed by atoms with van der Waals surface area (Å²) in [6, 6.07) is 3.63. The van der Waals surface area contributed by atoms with E-state index in [4.69, 9.17) is 4.42 Å². The molecule has 1 saturated heterocycles. The van der Waals surface area contributed by atoms with Gasteiger partial charge in [0.25, 0.3) is 0 Å². The highest BCUT2D eigenvalue weighted by Crippen LogP contribution is 2.33. The molecule has 3 heterocycles. The van der Waals surface area contributed by atoms with Gasteiger partial charge in [0.2, 0.25) is 0 Å². The van der Waals surface area contributed by atoms with Crippen LogP contribution in [0.1, 0.15) is 22.5 Å². The minimum atomic E-state index is 0.641. The third kappa shape index (κ3) is 1.86. The first-order chi connectivity index (χ1) is 8.38. The fourth-order valence-electron chi connectivity index (χ4n) is 2.03. The van der Waals surface area contributed by atoms with Crippen LogP contribution in [0.2, 0.25) is 0 Å². The molecule has 17 heavy (non-hydrogen) atoms. The molecule has 2 aromatic heterocycles. The van der Waals surface area contributed by atoms with Crippen molar-refractivity contribution in [2.75, 3.05) is 18.0 Å². The molecule has 0 aliphatic carbocycles. The molecule has 88 valence electrons. The van der Waals surface area contributed by atoms with E-state index in [1.807, 2.05) is 6.07 Å². The van der Waals surface area contributed by atoms with Gasteiger partial charge in [-0.1, -0.05) is 11.3 Å². The van der Waals surface area contributed by atoms with E-state index in [0.717, 1.165) is 24.5 Å². The number of rotatable bonds is 3. The van der Waals surface area contributed by atoms with Crippen molar-refractivity contribution in [1.29, 1.82) is 0 Å². The molecule has 0 bridgehead atoms. The molecule has 0 radical (unpaired) electrons. The number of carbonyl (C=O) groups excluding carboxylic acids is 1. The minimum Gasteiger partial charge on any atom is -0.463 e. The topological polar surface area (TPSA) is 46.3 Å². The van der Waals surface area contributed by atoms with E-state index in [1.54, 1.807) is 12.3 Å². The fraction of sp³-hybridized carbons (Fsp3) is 0.333. The quantitative estimate of drug-likeness (QED) is 0.784. The van der Waals surface area contributed by atoms with Gasteiger partial charge in [0.05, 0.1) is 11.1 Å². The first kappa shape index (κ1) is 10.5. The summed E-state index contributed by atoms with van der Waals surface area (Å²) in [6.07, 6.45) is 4.85. The van der Waals surface area contributed by atoms with Crippen LogP contribution in [-0.4, -0.2) is 24.4 Å². The van der Waals surface area contributed by atoms with Crippen molar-refractivity contribution in [1.82, 2.24) is 4.98 Å². The van der Waals surface area contributed by atoms with E-state index in [0.29, 0.717) is 16.3 Å². The molecule has 0 saturated carbocycles. The van der Waals surface area contributed by atoms with Gasteiger partial charge in [-0.15, -0.1) is 0 Å². The van der Waals surface area contributed by atoms with Crippen LogP contribution in [0.4, 0.5) is 5.13 Å². The molecule has 0 amide bonds. The molecule has 1 aliphatic rings. The van der Waals surface area contributed by atoms with Gasteiger partial charge in [0.15, 0.2) is 17.2 Å². The lowest BCUT2D eigenvalue weighted by molar-refractivity contribution is 0.112. The summed E-state index contributed by atoms with van der Waals surface area (Å²) >= 11 is 1.44. The Balaban J connectivity index is 2.00. The van der Waals surface area contributed by atoms with Crippen LogP contribution in [0.5, 0.6) is 0 Å². The second kappa shape index (κ2) is 4.33. The van der Waals surface area contributed by atoms with Crippen molar-refractivity contribution in [3.8, 4) is 11.5 Å². The van der Waals surface area contributed by atoms with E-state index < -0.39 is 0 Å². The Morgan fingerprint density at radius 2 is 2.24 bits per heavy atom. The third-order valence-electron chi connectivity index (χ3n) is 2.88. The van der Waals surface area contributed by atoms with E-state index in [2.05, 4.69) is 9.88 Å². The number of thiazole rings is 1. The van der Waals surface area contributed by atoms with Crippen molar-refractivity contribution in [2.45, 2.75) is 12.8 Å². The van der Waals surface area contributed by atoms with Crippen LogP contribution in [0.3, 0.4) is 0 Å². The summed E-state index contributed by atoms with van der Waals surface area (Å²) in [5.74, 6) is 0.661. The first-order valence-corrected chi connectivity index (χ1v) is 6.45. The average molecular weight is 248 g/mol. The van der Waals surface area contributed by atoms with Crippen LogP contribution in [0.15, 0.2) is 22.8 Å². The Hall–Kier alpha value is -1.62. The molecule has 1 aliphatic heterocycles. The lowest BCUT2D eigenvalue weighted by atomic mass is 10.3. The van der Waals surface area contributed by atoms with Gasteiger partial charge < -0.3 is 9.32 Å². The lowest BCUT2D eigenvalue weighted by Gasteiger charge is -2.11. The maximum Gasteiger partial charge on any atom is 0.186 e. The Bertz CT molecular complexity index is 513. The summed E-state index contributed by atoms with van der Waals surface area (Å²) in [6.45, 7) is 2.06. The van der Waals surface area contributed by atoms with Gasteiger partial charge in [0.1, 0.15) is 5.69 Å². The molecule has 0 unspecified atom stereocenters. The van der Waals surface area contributed by atoms with Gasteiger partial charge in [-0.05, 0) is 25.0 Å². The zero-order valence-electron chi connectivity index (χ0n) is 9.26. The summed E-state index contributed by atoms with van der Waals surface area (Å²) in [7, 11) is 0. The Kier molecular flexibility index (Phi) is 2.68. The van der Waals surface area contributed by atoms with E-state index in [1.165, 1.54) is 24.2 Å². The number of nitrogens with zero attached hydrogens (tertiary/aromatic N) is 2. The predicted molar refractivity (Wildman–Crippen MR) is 66.7 cm³/mol. The number of hydrogen-bond acceptors (Lipinski definition) is 5. The molecule has 0 atom stereocenters. The molecule has 1 fully saturated rings. The maximum atomic E-state index is 11.1. The Morgan fingerprint density at radius 3 is 2.88 bits per heavy atom. The zero-order valence-corrected chi connectivity index (χ0v) is 10.1. The lowest BCUT2D eigenvalue weighted by Crippen LogP contribution is -2.17. The molecule has 0 N–H and O–H groups in total. The Labute approximate surface area is 103 Å². The van der Waals surface area contributed by atoms with Crippen molar-refractivity contribution >= 4 is 22.8 Å². The number of aldehydes is 1. The standard InChI is InChI=1S/C12H12N2O2S/c15-8-10-11(9-4-3-7-16-9)13-12(17-10)14-5-1-2-6-14/h3-4,7-8H,1-2,5-6H2. The number of carbonyl (C=O) groups is 1. The van der Waals surface area contributed by atoms with Crippen molar-refractivity contribution in [3.63, 3.8) is 0 Å². The van der Waals surface area contributed by atoms with E-state index in [-0.39, 0.29) is 0 Å². The van der Waals surface area contributed by atoms with Crippen molar-refractivity contribution in [3.05, 3.63) is 23.3 Å². The second-order valence-corrected chi connectivity index (χ2v) is 5.01. The van der Waals surface area contributed by atoms with Gasteiger partial charge in [-0.2, -0.15) is 0 Å². The maximum absolute atomic E-state index is 11.1. The normalized spacial score (nSPS) is 15.4.